The Kier molecular flexibility index (Phi) is 6.72. The fourth-order valence-electron chi connectivity index (χ4n) is 4.04. The van der Waals surface area contributed by atoms with Crippen molar-refractivity contribution in [1.29, 1.82) is 0 Å². The van der Waals surface area contributed by atoms with Crippen LogP contribution in [0.15, 0.2) is 54.7 Å². The number of hydrogen-bond donors (Lipinski definition) is 2. The van der Waals surface area contributed by atoms with Crippen LogP contribution in [0.25, 0.3) is 5.69 Å². The highest BCUT2D eigenvalue weighted by atomic mass is 35.5. The maximum absolute atomic E-state index is 13.2. The maximum Gasteiger partial charge on any atom is 0.259 e. The SMILES string of the molecule is Cc1cc(C)cc(NC(=O)c2cnn(-c3ccccc3)c2C2CCNCC2)c1.Cl. The van der Waals surface area contributed by atoms with Crippen molar-refractivity contribution in [2.24, 2.45) is 0 Å². The Morgan fingerprint density at radius 3 is 2.38 bits per heavy atom. The number of nitrogens with one attached hydrogen (secondary N) is 2. The molecule has 2 N–H and O–H groups in total. The van der Waals surface area contributed by atoms with E-state index in [2.05, 4.69) is 21.8 Å². The van der Waals surface area contributed by atoms with E-state index in [1.807, 2.05) is 61.0 Å². The first-order valence-electron chi connectivity index (χ1n) is 9.85. The van der Waals surface area contributed by atoms with Crippen molar-refractivity contribution in [2.75, 3.05) is 18.4 Å². The monoisotopic (exact) mass is 410 g/mol. The van der Waals surface area contributed by atoms with Crippen molar-refractivity contribution < 1.29 is 4.79 Å². The van der Waals surface area contributed by atoms with Crippen LogP contribution in [0.5, 0.6) is 0 Å². The second-order valence-corrected chi connectivity index (χ2v) is 7.55. The van der Waals surface area contributed by atoms with Crippen LogP contribution in [0.4, 0.5) is 5.69 Å². The molecule has 4 rings (SSSR count). The number of halogens is 1. The van der Waals surface area contributed by atoms with Crippen molar-refractivity contribution in [3.8, 4) is 5.69 Å². The number of para-hydroxylation sites is 1. The summed E-state index contributed by atoms with van der Waals surface area (Å²) in [4.78, 5) is 13.2. The number of aromatic nitrogens is 2. The summed E-state index contributed by atoms with van der Waals surface area (Å²) in [6.07, 6.45) is 3.72. The van der Waals surface area contributed by atoms with Gasteiger partial charge in [0.1, 0.15) is 0 Å². The molecular formula is C23H27ClN4O. The summed E-state index contributed by atoms with van der Waals surface area (Å²) >= 11 is 0. The summed E-state index contributed by atoms with van der Waals surface area (Å²) < 4.78 is 1.94. The van der Waals surface area contributed by atoms with Crippen LogP contribution in [-0.2, 0) is 0 Å². The summed E-state index contributed by atoms with van der Waals surface area (Å²) in [5, 5.41) is 11.1. The lowest BCUT2D eigenvalue weighted by Crippen LogP contribution is -2.29. The molecule has 5 nitrogen and oxygen atoms in total. The van der Waals surface area contributed by atoms with E-state index in [1.54, 1.807) is 6.20 Å². The van der Waals surface area contributed by atoms with E-state index in [9.17, 15) is 4.79 Å². The molecule has 1 fully saturated rings. The van der Waals surface area contributed by atoms with Gasteiger partial charge in [-0.25, -0.2) is 4.68 Å². The minimum Gasteiger partial charge on any atom is -0.322 e. The van der Waals surface area contributed by atoms with Crippen molar-refractivity contribution in [3.05, 3.63) is 77.1 Å². The number of amides is 1. The van der Waals surface area contributed by atoms with E-state index in [0.29, 0.717) is 11.5 Å². The second-order valence-electron chi connectivity index (χ2n) is 7.55. The molecule has 0 atom stereocenters. The molecule has 1 amide bonds. The molecule has 6 heteroatoms. The number of anilines is 1. The van der Waals surface area contributed by atoms with Gasteiger partial charge in [-0.15, -0.1) is 12.4 Å². The predicted molar refractivity (Wildman–Crippen MR) is 120 cm³/mol. The summed E-state index contributed by atoms with van der Waals surface area (Å²) in [6, 6.07) is 16.1. The van der Waals surface area contributed by atoms with Crippen LogP contribution in [0.3, 0.4) is 0 Å². The van der Waals surface area contributed by atoms with Crippen LogP contribution < -0.4 is 10.6 Å². The molecule has 152 valence electrons. The Hall–Kier alpha value is -2.63. The number of piperidine rings is 1. The van der Waals surface area contributed by atoms with Crippen LogP contribution in [0.2, 0.25) is 0 Å². The minimum atomic E-state index is -0.0966. The largest absolute Gasteiger partial charge is 0.322 e. The van der Waals surface area contributed by atoms with Gasteiger partial charge in [0.05, 0.1) is 23.1 Å². The molecule has 1 saturated heterocycles. The lowest BCUT2D eigenvalue weighted by molar-refractivity contribution is 0.102. The molecule has 0 aliphatic carbocycles. The molecule has 1 aromatic heterocycles. The van der Waals surface area contributed by atoms with Gasteiger partial charge in [0.2, 0.25) is 0 Å². The number of benzene rings is 2. The summed E-state index contributed by atoms with van der Waals surface area (Å²) in [5.74, 6) is 0.213. The highest BCUT2D eigenvalue weighted by Gasteiger charge is 2.27. The number of carbonyl (C=O) groups excluding carboxylic acids is 1. The number of carbonyl (C=O) groups is 1. The van der Waals surface area contributed by atoms with E-state index >= 15 is 0 Å². The van der Waals surface area contributed by atoms with E-state index in [-0.39, 0.29) is 18.3 Å². The van der Waals surface area contributed by atoms with Crippen LogP contribution in [-0.4, -0.2) is 28.8 Å². The average Bonchev–Trinajstić information content (AvgIpc) is 3.14. The predicted octanol–water partition coefficient (Wildman–Crippen LogP) is 4.63. The third kappa shape index (κ3) is 4.69. The van der Waals surface area contributed by atoms with Gasteiger partial charge in [0, 0.05) is 11.6 Å². The highest BCUT2D eigenvalue weighted by Crippen LogP contribution is 2.30. The Balaban J connectivity index is 0.00000240. The molecular weight excluding hydrogens is 384 g/mol. The molecule has 0 radical (unpaired) electrons. The molecule has 0 bridgehead atoms. The topological polar surface area (TPSA) is 59.0 Å². The Labute approximate surface area is 177 Å². The maximum atomic E-state index is 13.2. The first kappa shape index (κ1) is 21.1. The van der Waals surface area contributed by atoms with E-state index < -0.39 is 0 Å². The quantitative estimate of drug-likeness (QED) is 0.659. The summed E-state index contributed by atoms with van der Waals surface area (Å²) in [5.41, 5.74) is 5.75. The number of nitrogens with zero attached hydrogens (tertiary/aromatic N) is 2. The Morgan fingerprint density at radius 1 is 1.07 bits per heavy atom. The van der Waals surface area contributed by atoms with Gasteiger partial charge in [-0.2, -0.15) is 5.10 Å². The number of aryl methyl sites for hydroxylation is 2. The van der Waals surface area contributed by atoms with Gasteiger partial charge in [0.15, 0.2) is 0 Å². The number of hydrogen-bond acceptors (Lipinski definition) is 3. The summed E-state index contributed by atoms with van der Waals surface area (Å²) in [7, 11) is 0. The van der Waals surface area contributed by atoms with Gasteiger partial charge in [-0.05, 0) is 75.2 Å². The van der Waals surface area contributed by atoms with Gasteiger partial charge in [-0.3, -0.25) is 4.79 Å². The lowest BCUT2D eigenvalue weighted by Gasteiger charge is -2.24. The smallest absolute Gasteiger partial charge is 0.259 e. The number of rotatable bonds is 4. The third-order valence-corrected chi connectivity index (χ3v) is 5.26. The van der Waals surface area contributed by atoms with E-state index in [0.717, 1.165) is 54.1 Å². The van der Waals surface area contributed by atoms with Crippen molar-refractivity contribution in [2.45, 2.75) is 32.6 Å². The zero-order chi connectivity index (χ0) is 19.5. The Morgan fingerprint density at radius 2 is 1.72 bits per heavy atom. The van der Waals surface area contributed by atoms with Gasteiger partial charge < -0.3 is 10.6 Å². The molecule has 1 aliphatic rings. The molecule has 0 spiro atoms. The zero-order valence-electron chi connectivity index (χ0n) is 16.8. The fraction of sp³-hybridized carbons (Fsp3) is 0.304. The average molecular weight is 411 g/mol. The van der Waals surface area contributed by atoms with Gasteiger partial charge in [0.25, 0.3) is 5.91 Å². The molecule has 29 heavy (non-hydrogen) atoms. The molecule has 0 saturated carbocycles. The minimum absolute atomic E-state index is 0. The van der Waals surface area contributed by atoms with Gasteiger partial charge in [-0.1, -0.05) is 24.3 Å². The summed E-state index contributed by atoms with van der Waals surface area (Å²) in [6.45, 7) is 6.00. The lowest BCUT2D eigenvalue weighted by atomic mass is 9.91. The normalized spacial score (nSPS) is 14.3. The van der Waals surface area contributed by atoms with E-state index in [4.69, 9.17) is 0 Å². The molecule has 1 aliphatic heterocycles. The van der Waals surface area contributed by atoms with Crippen LogP contribution in [0, 0.1) is 13.8 Å². The molecule has 2 aromatic carbocycles. The fourth-order valence-corrected chi connectivity index (χ4v) is 4.04. The first-order chi connectivity index (χ1) is 13.6. The third-order valence-electron chi connectivity index (χ3n) is 5.26. The first-order valence-corrected chi connectivity index (χ1v) is 9.85. The molecule has 3 aromatic rings. The molecule has 0 unspecified atom stereocenters. The van der Waals surface area contributed by atoms with Crippen LogP contribution >= 0.6 is 12.4 Å². The van der Waals surface area contributed by atoms with Crippen LogP contribution in [0.1, 0.15) is 45.9 Å². The zero-order valence-corrected chi connectivity index (χ0v) is 17.6. The molecule has 2 heterocycles. The van der Waals surface area contributed by atoms with E-state index in [1.165, 1.54) is 0 Å². The van der Waals surface area contributed by atoms with Gasteiger partial charge >= 0.3 is 0 Å². The van der Waals surface area contributed by atoms with Crippen molar-refractivity contribution in [1.82, 2.24) is 15.1 Å². The highest BCUT2D eigenvalue weighted by molar-refractivity contribution is 6.05. The van der Waals surface area contributed by atoms with Crippen molar-refractivity contribution in [3.63, 3.8) is 0 Å². The Bertz CT molecular complexity index is 958. The van der Waals surface area contributed by atoms with Crippen molar-refractivity contribution >= 4 is 24.0 Å². The second kappa shape index (κ2) is 9.25. The standard InChI is InChI=1S/C23H26N4O.ClH/c1-16-12-17(2)14-19(13-16)26-23(28)21-15-25-27(20-6-4-3-5-7-20)22(21)18-8-10-24-11-9-18;/h3-7,12-15,18,24H,8-11H2,1-2H3,(H,26,28);1H.